The Bertz CT molecular complexity index is 577. The van der Waals surface area contributed by atoms with E-state index in [1.54, 1.807) is 30.2 Å². The van der Waals surface area contributed by atoms with Crippen LogP contribution in [0.4, 0.5) is 0 Å². The van der Waals surface area contributed by atoms with E-state index >= 15 is 0 Å². The summed E-state index contributed by atoms with van der Waals surface area (Å²) in [6.07, 6.45) is 2.50. The zero-order valence-electron chi connectivity index (χ0n) is 9.83. The summed E-state index contributed by atoms with van der Waals surface area (Å²) in [7, 11) is -0.962. The van der Waals surface area contributed by atoms with Gasteiger partial charge in [-0.1, -0.05) is 30.0 Å². The van der Waals surface area contributed by atoms with Crippen molar-refractivity contribution in [2.45, 2.75) is 14.7 Å². The van der Waals surface area contributed by atoms with Gasteiger partial charge in [-0.25, -0.2) is 0 Å². The molecule has 0 aliphatic rings. The fraction of sp³-hybridized carbons (Fsp3) is 0.0714. The minimum absolute atomic E-state index is 0.669. The SMILES string of the molecule is CS(=O)c1cccc(Sc2ccc(C=O)cc2)c1. The van der Waals surface area contributed by atoms with E-state index in [1.807, 2.05) is 36.4 Å². The topological polar surface area (TPSA) is 34.1 Å². The molecular formula is C14H12O2S2. The van der Waals surface area contributed by atoms with Gasteiger partial charge in [-0.05, 0) is 30.3 Å². The van der Waals surface area contributed by atoms with Crippen molar-refractivity contribution < 1.29 is 9.00 Å². The van der Waals surface area contributed by atoms with Crippen LogP contribution >= 0.6 is 11.8 Å². The van der Waals surface area contributed by atoms with Crippen molar-refractivity contribution in [2.75, 3.05) is 6.26 Å². The molecule has 2 rings (SSSR count). The molecule has 0 amide bonds. The van der Waals surface area contributed by atoms with Crippen molar-refractivity contribution in [3.8, 4) is 0 Å². The van der Waals surface area contributed by atoms with Gasteiger partial charge in [0.15, 0.2) is 0 Å². The van der Waals surface area contributed by atoms with Crippen LogP contribution in [0.15, 0.2) is 63.2 Å². The second-order valence-corrected chi connectivity index (χ2v) is 6.24. The quantitative estimate of drug-likeness (QED) is 0.803. The van der Waals surface area contributed by atoms with Gasteiger partial charge in [-0.2, -0.15) is 0 Å². The van der Waals surface area contributed by atoms with Crippen molar-refractivity contribution in [1.82, 2.24) is 0 Å². The summed E-state index contributed by atoms with van der Waals surface area (Å²) in [5, 5.41) is 0. The molecule has 18 heavy (non-hydrogen) atoms. The Morgan fingerprint density at radius 1 is 1.06 bits per heavy atom. The van der Waals surface area contributed by atoms with Crippen LogP contribution in [0.3, 0.4) is 0 Å². The molecule has 1 atom stereocenters. The van der Waals surface area contributed by atoms with E-state index < -0.39 is 10.8 Å². The number of rotatable bonds is 4. The lowest BCUT2D eigenvalue weighted by molar-refractivity contribution is 0.112. The molecular weight excluding hydrogens is 264 g/mol. The van der Waals surface area contributed by atoms with E-state index in [1.165, 1.54) is 0 Å². The summed E-state index contributed by atoms with van der Waals surface area (Å²) >= 11 is 1.59. The lowest BCUT2D eigenvalue weighted by atomic mass is 10.2. The highest BCUT2D eigenvalue weighted by molar-refractivity contribution is 7.99. The van der Waals surface area contributed by atoms with Crippen LogP contribution in [-0.4, -0.2) is 16.8 Å². The molecule has 0 saturated carbocycles. The highest BCUT2D eigenvalue weighted by Crippen LogP contribution is 2.28. The lowest BCUT2D eigenvalue weighted by Gasteiger charge is -2.03. The number of hydrogen-bond donors (Lipinski definition) is 0. The molecule has 0 aromatic heterocycles. The summed E-state index contributed by atoms with van der Waals surface area (Å²) in [6, 6.07) is 15.1. The molecule has 0 spiro atoms. The van der Waals surface area contributed by atoms with E-state index in [-0.39, 0.29) is 0 Å². The highest BCUT2D eigenvalue weighted by Gasteiger charge is 2.01. The van der Waals surface area contributed by atoms with Gasteiger partial charge in [-0.15, -0.1) is 0 Å². The molecule has 4 heteroatoms. The zero-order valence-corrected chi connectivity index (χ0v) is 11.5. The van der Waals surface area contributed by atoms with Crippen molar-refractivity contribution >= 4 is 28.8 Å². The number of benzene rings is 2. The Labute approximate surface area is 113 Å². The fourth-order valence-electron chi connectivity index (χ4n) is 1.47. The molecule has 0 bridgehead atoms. The van der Waals surface area contributed by atoms with E-state index in [9.17, 15) is 9.00 Å². The molecule has 0 fully saturated rings. The Morgan fingerprint density at radius 3 is 2.39 bits per heavy atom. The van der Waals surface area contributed by atoms with Crippen LogP contribution in [0.1, 0.15) is 10.4 Å². The summed E-state index contributed by atoms with van der Waals surface area (Å²) in [6.45, 7) is 0. The number of hydrogen-bond acceptors (Lipinski definition) is 3. The first-order valence-electron chi connectivity index (χ1n) is 5.35. The van der Waals surface area contributed by atoms with Crippen molar-refractivity contribution in [3.63, 3.8) is 0 Å². The molecule has 0 radical (unpaired) electrons. The van der Waals surface area contributed by atoms with Gasteiger partial charge < -0.3 is 0 Å². The number of carbonyl (C=O) groups is 1. The third-order valence-corrected chi connectivity index (χ3v) is 4.30. The van der Waals surface area contributed by atoms with E-state index in [4.69, 9.17) is 0 Å². The Balaban J connectivity index is 2.19. The second-order valence-electron chi connectivity index (χ2n) is 3.72. The van der Waals surface area contributed by atoms with Crippen LogP contribution in [0.25, 0.3) is 0 Å². The largest absolute Gasteiger partial charge is 0.298 e. The van der Waals surface area contributed by atoms with Gasteiger partial charge in [0.2, 0.25) is 0 Å². The first-order chi connectivity index (χ1) is 8.69. The Hall–Kier alpha value is -1.39. The van der Waals surface area contributed by atoms with E-state index in [0.717, 1.165) is 21.0 Å². The van der Waals surface area contributed by atoms with Gasteiger partial charge in [-0.3, -0.25) is 9.00 Å². The van der Waals surface area contributed by atoms with Crippen molar-refractivity contribution in [1.29, 1.82) is 0 Å². The average Bonchev–Trinajstić information content (AvgIpc) is 2.40. The maximum Gasteiger partial charge on any atom is 0.150 e. The maximum absolute atomic E-state index is 11.4. The zero-order chi connectivity index (χ0) is 13.0. The molecule has 1 unspecified atom stereocenters. The normalized spacial score (nSPS) is 12.1. The molecule has 2 nitrogen and oxygen atoms in total. The van der Waals surface area contributed by atoms with Gasteiger partial charge in [0, 0.05) is 37.3 Å². The second kappa shape index (κ2) is 5.98. The van der Waals surface area contributed by atoms with Crippen LogP contribution in [0, 0.1) is 0 Å². The van der Waals surface area contributed by atoms with Crippen molar-refractivity contribution in [3.05, 3.63) is 54.1 Å². The molecule has 0 saturated heterocycles. The van der Waals surface area contributed by atoms with Crippen LogP contribution < -0.4 is 0 Å². The highest BCUT2D eigenvalue weighted by atomic mass is 32.2. The monoisotopic (exact) mass is 276 g/mol. The first kappa shape index (κ1) is 13.1. The maximum atomic E-state index is 11.4. The Kier molecular flexibility index (Phi) is 4.33. The smallest absolute Gasteiger partial charge is 0.150 e. The molecule has 2 aromatic carbocycles. The summed E-state index contributed by atoms with van der Waals surface area (Å²) < 4.78 is 11.4. The molecule has 0 aliphatic heterocycles. The van der Waals surface area contributed by atoms with Gasteiger partial charge in [0.25, 0.3) is 0 Å². The number of carbonyl (C=O) groups excluding carboxylic acids is 1. The van der Waals surface area contributed by atoms with Crippen LogP contribution in [0.5, 0.6) is 0 Å². The van der Waals surface area contributed by atoms with E-state index in [0.29, 0.717) is 5.56 Å². The first-order valence-corrected chi connectivity index (χ1v) is 7.73. The molecule has 0 N–H and O–H groups in total. The predicted octanol–water partition coefficient (Wildman–Crippen LogP) is 3.39. The standard InChI is InChI=1S/C14H12O2S2/c1-18(16)14-4-2-3-13(9-14)17-12-7-5-11(10-15)6-8-12/h2-10H,1H3. The molecule has 2 aromatic rings. The van der Waals surface area contributed by atoms with Gasteiger partial charge in [0.05, 0.1) is 0 Å². The fourth-order valence-corrected chi connectivity index (χ4v) is 2.98. The lowest BCUT2D eigenvalue weighted by Crippen LogP contribution is -1.86. The Morgan fingerprint density at radius 2 is 1.78 bits per heavy atom. The third kappa shape index (κ3) is 3.31. The average molecular weight is 276 g/mol. The minimum Gasteiger partial charge on any atom is -0.298 e. The van der Waals surface area contributed by atoms with Gasteiger partial charge in [0.1, 0.15) is 6.29 Å². The summed E-state index contributed by atoms with van der Waals surface area (Å²) in [5.74, 6) is 0. The van der Waals surface area contributed by atoms with Crippen LogP contribution in [-0.2, 0) is 10.8 Å². The minimum atomic E-state index is -0.962. The summed E-state index contributed by atoms with van der Waals surface area (Å²) in [5.41, 5.74) is 0.669. The third-order valence-electron chi connectivity index (χ3n) is 2.39. The summed E-state index contributed by atoms with van der Waals surface area (Å²) in [4.78, 5) is 13.5. The van der Waals surface area contributed by atoms with E-state index in [2.05, 4.69) is 0 Å². The van der Waals surface area contributed by atoms with Gasteiger partial charge >= 0.3 is 0 Å². The predicted molar refractivity (Wildman–Crippen MR) is 74.7 cm³/mol. The molecule has 0 aliphatic carbocycles. The van der Waals surface area contributed by atoms with Crippen molar-refractivity contribution in [2.24, 2.45) is 0 Å². The molecule has 0 heterocycles. The number of aldehydes is 1. The van der Waals surface area contributed by atoms with Crippen LogP contribution in [0.2, 0.25) is 0 Å². The molecule has 92 valence electrons.